The molecule has 0 unspecified atom stereocenters. The molecule has 2 rings (SSSR count). The van der Waals surface area contributed by atoms with Crippen molar-refractivity contribution in [2.45, 2.75) is 198 Å². The third-order valence-electron chi connectivity index (χ3n) is 15.2. The molecular weight excluding hydrogens is 1440 g/mol. The van der Waals surface area contributed by atoms with Crippen molar-refractivity contribution < 1.29 is 24.8 Å². The molecule has 2 saturated carbocycles. The molecule has 37 nitrogen and oxygen atoms in total. The van der Waals surface area contributed by atoms with Gasteiger partial charge in [-0.15, -0.1) is 0 Å². The van der Waals surface area contributed by atoms with Gasteiger partial charge in [0.25, 0.3) is 0 Å². The topological polar surface area (TPSA) is 777 Å². The maximum atomic E-state index is 8.41. The Bertz CT molecular complexity index is 1180. The summed E-state index contributed by atoms with van der Waals surface area (Å²) in [5.74, 6) is 0. The van der Waals surface area contributed by atoms with Crippen LogP contribution in [0.3, 0.4) is 0 Å². The fourth-order valence-corrected chi connectivity index (χ4v) is 8.61. The van der Waals surface area contributed by atoms with E-state index >= 15 is 0 Å². The van der Waals surface area contributed by atoms with E-state index in [2.05, 4.69) is 47.4 Å². The van der Waals surface area contributed by atoms with Crippen molar-refractivity contribution in [2.24, 2.45) is 132 Å². The van der Waals surface area contributed by atoms with Crippen LogP contribution in [0.15, 0.2) is 0 Å². The van der Waals surface area contributed by atoms with Crippen LogP contribution in [0, 0.1) is 0 Å². The summed E-state index contributed by atoms with van der Waals surface area (Å²) in [6, 6.07) is 1.12. The van der Waals surface area contributed by atoms with Crippen LogP contribution in [0.5, 0.6) is 0 Å². The molecular formula is C76H208N32O5. The van der Waals surface area contributed by atoms with E-state index in [1.165, 1.54) is 70.6 Å². The summed E-state index contributed by atoms with van der Waals surface area (Å²) < 4.78 is 10.1. The lowest BCUT2D eigenvalue weighted by Gasteiger charge is -2.24. The standard InChI is InChI=1S/C10H25N3.C7H19N3.C7H17NO2.C6H18N4.C6H16N2O2.2C6H14N2.C5H15N3.C5H14N2.C5H13NO.C4H13N3.C4H12N2.C3H10N2.C2H8N2/c11-7-3-1-5-9-13-10-6-2-4-8-12;8-4-2-1-3-6-10-7-5-9;9-6-3-1-2-4-8-5-7-10;7-1-4-10(5-2-8)6-3-9;7-1-3-9-5-6-10-4-2-8;2*7-5-3-1-2-4-6(5)8;6-2-1-4-8-5-3-7;1-6-4-3-5-7-2;6-4-2-1-3-5-7;5-1-3-7-4-2-6;1-6-4-2-3-5;4-2-1-3-5;3-1-2-4/h13H,1-12H2;10H,1-9H2;8-10H,1-7H2;1-9H2;1-8H2;2*5-6H,1-4,7-8H2;8H,1-7H2;6-7H,3-5H2,1-2H3;2*7H,1-6H2;6H,2-5H2,1H3;1-5H2;1-4H2/t;;;;;5-,6+;5-,6-;;;;;;;/m......1......./s1. The molecule has 2 aliphatic carbocycles. The molecule has 113 heavy (non-hydrogen) atoms. The van der Waals surface area contributed by atoms with E-state index in [0.29, 0.717) is 112 Å². The van der Waals surface area contributed by atoms with Crippen molar-refractivity contribution in [3.8, 4) is 0 Å². The molecule has 2 aliphatic rings. The van der Waals surface area contributed by atoms with Gasteiger partial charge in [-0.05, 0) is 254 Å². The zero-order valence-corrected chi connectivity index (χ0v) is 74.0. The van der Waals surface area contributed by atoms with Gasteiger partial charge >= 0.3 is 0 Å². The third-order valence-corrected chi connectivity index (χ3v) is 15.2. The highest BCUT2D eigenvalue weighted by atomic mass is 16.5. The molecule has 0 aliphatic heterocycles. The average Bonchev–Trinajstić information content (AvgIpc) is 0.951. The molecule has 0 amide bonds. The number of ether oxygens (including phenoxy) is 2. The monoisotopic (exact) mass is 1650 g/mol. The fraction of sp³-hybridized carbons (Fsp3) is 1.00. The normalized spacial score (nSPS) is 14.1. The lowest BCUT2D eigenvalue weighted by molar-refractivity contribution is 0.0538. The van der Waals surface area contributed by atoms with E-state index in [4.69, 9.17) is 157 Å². The Labute approximate surface area is 695 Å². The summed E-state index contributed by atoms with van der Waals surface area (Å²) in [5.41, 5.74) is 122. The van der Waals surface area contributed by atoms with Crippen LogP contribution in [0.4, 0.5) is 0 Å². The summed E-state index contributed by atoms with van der Waals surface area (Å²) in [4.78, 5) is 2.17. The lowest BCUT2D eigenvalue weighted by Crippen LogP contribution is -2.43. The molecule has 0 bridgehead atoms. The Hall–Kier alpha value is -1.48. The number of aliphatic hydroxyl groups is 3. The molecule has 702 valence electrons. The van der Waals surface area contributed by atoms with Crippen LogP contribution in [-0.4, -0.2) is 341 Å². The molecule has 37 heteroatoms. The van der Waals surface area contributed by atoms with Crippen molar-refractivity contribution in [2.75, 3.05) is 296 Å². The lowest BCUT2D eigenvalue weighted by atomic mass is 9.92. The smallest absolute Gasteiger partial charge is 0.0701 e. The summed E-state index contributed by atoms with van der Waals surface area (Å²) in [6.45, 7) is 32.2. The van der Waals surface area contributed by atoms with Crippen molar-refractivity contribution in [1.29, 1.82) is 0 Å². The second-order valence-electron chi connectivity index (χ2n) is 26.2. The summed E-state index contributed by atoms with van der Waals surface area (Å²) in [6.07, 6.45) is 30.9. The molecule has 0 aromatic rings. The van der Waals surface area contributed by atoms with Crippen LogP contribution in [0.2, 0.25) is 0 Å². The number of rotatable bonds is 60. The molecule has 0 spiro atoms. The summed E-state index contributed by atoms with van der Waals surface area (Å²) in [7, 11) is 5.86. The Morgan fingerprint density at radius 2 is 0.478 bits per heavy atom. The highest BCUT2D eigenvalue weighted by molar-refractivity contribution is 4.81. The third kappa shape index (κ3) is 187. The fourth-order valence-electron chi connectivity index (χ4n) is 8.61. The van der Waals surface area contributed by atoms with Gasteiger partial charge in [-0.3, -0.25) is 4.90 Å². The Kier molecular flexibility index (Phi) is 188. The van der Waals surface area contributed by atoms with Crippen molar-refractivity contribution in [1.82, 2.24) is 47.4 Å². The van der Waals surface area contributed by atoms with E-state index < -0.39 is 0 Å². The first-order chi connectivity index (χ1) is 55.0. The van der Waals surface area contributed by atoms with E-state index in [-0.39, 0.29) is 30.8 Å². The first kappa shape index (κ1) is 138. The second kappa shape index (κ2) is 155. The molecule has 0 radical (unpaired) electrons. The van der Waals surface area contributed by atoms with Crippen molar-refractivity contribution in [3.63, 3.8) is 0 Å². The Balaban J connectivity index is -0.0000000979. The first-order valence-electron chi connectivity index (χ1n) is 43.5. The maximum absolute atomic E-state index is 8.41. The van der Waals surface area contributed by atoms with Gasteiger partial charge in [0.2, 0.25) is 0 Å². The Morgan fingerprint density at radius 3 is 0.699 bits per heavy atom. The zero-order valence-electron chi connectivity index (χ0n) is 74.0. The number of nitrogens with two attached hydrogens (primary N) is 23. The van der Waals surface area contributed by atoms with Crippen LogP contribution >= 0.6 is 0 Å². The number of aliphatic hydroxyl groups excluding tert-OH is 3. The minimum Gasteiger partial charge on any atom is -0.396 e. The molecule has 0 heterocycles. The molecule has 0 saturated heterocycles. The van der Waals surface area contributed by atoms with Gasteiger partial charge in [0.1, 0.15) is 0 Å². The van der Waals surface area contributed by atoms with E-state index in [1.54, 1.807) is 0 Å². The van der Waals surface area contributed by atoms with Crippen LogP contribution in [0.25, 0.3) is 0 Å². The largest absolute Gasteiger partial charge is 0.396 e. The van der Waals surface area contributed by atoms with E-state index in [0.717, 1.165) is 260 Å². The van der Waals surface area contributed by atoms with Gasteiger partial charge in [0, 0.05) is 162 Å². The van der Waals surface area contributed by atoms with Gasteiger partial charge < -0.3 is 199 Å². The minimum atomic E-state index is 0.208. The van der Waals surface area contributed by atoms with Gasteiger partial charge in [0.15, 0.2) is 0 Å². The van der Waals surface area contributed by atoms with Crippen LogP contribution in [0.1, 0.15) is 173 Å². The maximum Gasteiger partial charge on any atom is 0.0701 e. The SMILES string of the molecule is CNCCCN.CNCCCNC.NCCCCCNCCCCCN.NCCCCCNCCN.NCCCCCO.NCCCN.NCCCNCCN.NCCN.NCCN(CCN)CCN.NCCNCCN.NCCOCCOCCN.N[C@@H]1CCCC[C@@H]1N.N[C@@H]1CCCC[C@H]1N.OCCCCCNCCO. The second-order valence-corrected chi connectivity index (χ2v) is 26.2. The number of nitrogens with zero attached hydrogens (tertiary/aromatic N) is 1. The van der Waals surface area contributed by atoms with Gasteiger partial charge in [-0.1, -0.05) is 44.9 Å². The predicted octanol–water partition coefficient (Wildman–Crippen LogP) is -7.19. The minimum absolute atomic E-state index is 0.208. The van der Waals surface area contributed by atoms with Gasteiger partial charge in [-0.2, -0.15) is 0 Å². The molecule has 2 fully saturated rings. The van der Waals surface area contributed by atoms with Crippen LogP contribution < -0.4 is 174 Å². The van der Waals surface area contributed by atoms with Gasteiger partial charge in [-0.25, -0.2) is 0 Å². The molecule has 57 N–H and O–H groups in total. The van der Waals surface area contributed by atoms with E-state index in [1.807, 2.05) is 21.1 Å². The summed E-state index contributed by atoms with van der Waals surface area (Å²) >= 11 is 0. The number of hydrogen-bond acceptors (Lipinski definition) is 37. The van der Waals surface area contributed by atoms with Crippen molar-refractivity contribution >= 4 is 0 Å². The highest BCUT2D eigenvalue weighted by Crippen LogP contribution is 2.15. The number of nitrogens with one attached hydrogen (secondary N) is 8. The molecule has 0 aromatic heterocycles. The first-order valence-corrected chi connectivity index (χ1v) is 43.5. The highest BCUT2D eigenvalue weighted by Gasteiger charge is 2.17. The summed E-state index contributed by atoms with van der Waals surface area (Å²) in [5, 5.41) is 50.0. The average molecular weight is 1650 g/mol. The van der Waals surface area contributed by atoms with Crippen molar-refractivity contribution in [3.05, 3.63) is 0 Å². The number of unbranched alkanes of at least 4 members (excludes halogenated alkanes) is 10. The van der Waals surface area contributed by atoms with E-state index in [9.17, 15) is 0 Å². The molecule has 4 atom stereocenters. The number of hydrogen-bond donors (Lipinski definition) is 34. The zero-order chi connectivity index (χ0) is 87.7. The quantitative estimate of drug-likeness (QED) is 0.0252. The Morgan fingerprint density at radius 1 is 0.230 bits per heavy atom. The van der Waals surface area contributed by atoms with Gasteiger partial charge in [0.05, 0.1) is 33.0 Å². The van der Waals surface area contributed by atoms with Crippen LogP contribution in [-0.2, 0) is 9.47 Å². The predicted molar refractivity (Wildman–Crippen MR) is 494 cm³/mol. The molecule has 0 aromatic carbocycles.